The molecule has 176 valence electrons. The molecule has 0 aliphatic carbocycles. The van der Waals surface area contributed by atoms with Crippen LogP contribution in [-0.4, -0.2) is 40.0 Å². The Morgan fingerprint density at radius 3 is 2.64 bits per heavy atom. The number of aromatic nitrogens is 2. The molecule has 0 spiro atoms. The molecule has 1 aromatic heterocycles. The van der Waals surface area contributed by atoms with Crippen molar-refractivity contribution in [2.45, 2.75) is 45.7 Å². The lowest BCUT2D eigenvalue weighted by molar-refractivity contribution is 0.267. The summed E-state index contributed by atoms with van der Waals surface area (Å²) in [7, 11) is 1.70. The van der Waals surface area contributed by atoms with Gasteiger partial charge in [0, 0.05) is 30.3 Å². The molecule has 0 aliphatic heterocycles. The number of hydrogen-bond acceptors (Lipinski definition) is 5. The lowest BCUT2D eigenvalue weighted by atomic mass is 10.1. The minimum Gasteiger partial charge on any atom is -0.507 e. The van der Waals surface area contributed by atoms with E-state index in [0.717, 1.165) is 51.1 Å². The van der Waals surface area contributed by atoms with Crippen LogP contribution in [0.15, 0.2) is 59.4 Å². The van der Waals surface area contributed by atoms with Crippen LogP contribution in [0.5, 0.6) is 11.5 Å². The minimum atomic E-state index is -0.464. The molecule has 0 aliphatic rings. The summed E-state index contributed by atoms with van der Waals surface area (Å²) in [5, 5.41) is 14.3. The highest BCUT2D eigenvalue weighted by molar-refractivity contribution is 5.66. The Hall–Kier alpha value is -3.19. The Labute approximate surface area is 194 Å². The van der Waals surface area contributed by atoms with E-state index in [2.05, 4.69) is 23.0 Å². The van der Waals surface area contributed by atoms with Gasteiger partial charge in [-0.3, -0.25) is 9.69 Å². The maximum absolute atomic E-state index is 13.6. The van der Waals surface area contributed by atoms with Crippen LogP contribution in [0.1, 0.15) is 38.2 Å². The number of phenols is 1. The Morgan fingerprint density at radius 2 is 1.85 bits per heavy atom. The van der Waals surface area contributed by atoms with Gasteiger partial charge in [0.15, 0.2) is 0 Å². The van der Waals surface area contributed by atoms with E-state index in [1.165, 1.54) is 40.6 Å². The number of methoxy groups -OCH3 is 1. The Morgan fingerprint density at radius 1 is 1.06 bits per heavy atom. The van der Waals surface area contributed by atoms with Crippen LogP contribution in [0.25, 0.3) is 11.3 Å². The van der Waals surface area contributed by atoms with E-state index < -0.39 is 5.82 Å². The lowest BCUT2D eigenvalue weighted by Gasteiger charge is -2.21. The van der Waals surface area contributed by atoms with Crippen molar-refractivity contribution in [2.24, 2.45) is 0 Å². The second-order valence-corrected chi connectivity index (χ2v) is 8.04. The van der Waals surface area contributed by atoms with Gasteiger partial charge in [-0.2, -0.15) is 5.10 Å². The topological polar surface area (TPSA) is 67.6 Å². The number of aryl methyl sites for hydroxylation is 1. The van der Waals surface area contributed by atoms with Gasteiger partial charge in [-0.1, -0.05) is 38.0 Å². The fourth-order valence-electron chi connectivity index (χ4n) is 3.84. The monoisotopic (exact) mass is 453 g/mol. The number of benzene rings is 2. The first-order valence-electron chi connectivity index (χ1n) is 11.4. The molecule has 0 amide bonds. The number of rotatable bonds is 12. The molecule has 3 rings (SSSR count). The smallest absolute Gasteiger partial charge is 0.266 e. The van der Waals surface area contributed by atoms with Crippen LogP contribution in [0.2, 0.25) is 0 Å². The summed E-state index contributed by atoms with van der Waals surface area (Å²) < 4.78 is 20.4. The van der Waals surface area contributed by atoms with E-state index in [1.54, 1.807) is 7.11 Å². The van der Waals surface area contributed by atoms with Crippen molar-refractivity contribution in [1.82, 2.24) is 14.7 Å². The van der Waals surface area contributed by atoms with Gasteiger partial charge in [-0.05, 0) is 56.3 Å². The summed E-state index contributed by atoms with van der Waals surface area (Å²) in [6.07, 6.45) is 3.93. The molecular weight excluding hydrogens is 421 g/mol. The maximum atomic E-state index is 13.6. The van der Waals surface area contributed by atoms with E-state index in [9.17, 15) is 14.3 Å². The largest absolute Gasteiger partial charge is 0.507 e. The number of nitrogens with zero attached hydrogens (tertiary/aromatic N) is 3. The summed E-state index contributed by atoms with van der Waals surface area (Å²) >= 11 is 0. The predicted octanol–water partition coefficient (Wildman–Crippen LogP) is 4.85. The highest BCUT2D eigenvalue weighted by Crippen LogP contribution is 2.27. The van der Waals surface area contributed by atoms with Gasteiger partial charge in [-0.25, -0.2) is 9.07 Å². The third kappa shape index (κ3) is 6.89. The average Bonchev–Trinajstić information content (AvgIpc) is 2.83. The summed E-state index contributed by atoms with van der Waals surface area (Å²) in [4.78, 5) is 14.6. The fraction of sp³-hybridized carbons (Fsp3) is 0.385. The molecule has 0 saturated heterocycles. The van der Waals surface area contributed by atoms with E-state index in [4.69, 9.17) is 4.74 Å². The normalized spacial score (nSPS) is 11.2. The van der Waals surface area contributed by atoms with Crippen LogP contribution in [0, 0.1) is 5.82 Å². The SMILES string of the molecule is CCN(CCCCCCn1nc(-c2cc(F)ccc2O)ccc1=O)Cc1ccccc1OC. The van der Waals surface area contributed by atoms with E-state index in [-0.39, 0.29) is 16.9 Å². The van der Waals surface area contributed by atoms with Crippen LogP contribution in [-0.2, 0) is 13.1 Å². The van der Waals surface area contributed by atoms with Gasteiger partial charge in [-0.15, -0.1) is 0 Å². The van der Waals surface area contributed by atoms with Crippen LogP contribution < -0.4 is 10.3 Å². The van der Waals surface area contributed by atoms with E-state index in [1.807, 2.05) is 18.2 Å². The fourth-order valence-corrected chi connectivity index (χ4v) is 3.84. The summed E-state index contributed by atoms with van der Waals surface area (Å²) in [5.41, 5.74) is 1.64. The van der Waals surface area contributed by atoms with Crippen molar-refractivity contribution in [3.05, 3.63) is 76.3 Å². The number of hydrogen-bond donors (Lipinski definition) is 1. The summed E-state index contributed by atoms with van der Waals surface area (Å²) in [6.45, 7) is 5.48. The molecule has 0 saturated carbocycles. The van der Waals surface area contributed by atoms with Gasteiger partial charge in [0.05, 0.1) is 12.8 Å². The van der Waals surface area contributed by atoms with Gasteiger partial charge in [0.25, 0.3) is 5.56 Å². The summed E-state index contributed by atoms with van der Waals surface area (Å²) in [6, 6.07) is 14.7. The molecule has 3 aromatic rings. The minimum absolute atomic E-state index is 0.0669. The molecule has 33 heavy (non-hydrogen) atoms. The third-order valence-corrected chi connectivity index (χ3v) is 5.73. The average molecular weight is 454 g/mol. The van der Waals surface area contributed by atoms with Gasteiger partial charge < -0.3 is 9.84 Å². The number of ether oxygens (including phenoxy) is 1. The molecule has 2 aromatic carbocycles. The molecule has 1 heterocycles. The number of para-hydroxylation sites is 1. The second-order valence-electron chi connectivity index (χ2n) is 8.04. The zero-order chi connectivity index (χ0) is 23.6. The molecular formula is C26H32FN3O3. The molecule has 0 unspecified atom stereocenters. The molecule has 0 atom stereocenters. The van der Waals surface area contributed by atoms with Crippen molar-refractivity contribution in [1.29, 1.82) is 0 Å². The highest BCUT2D eigenvalue weighted by Gasteiger charge is 2.10. The molecule has 7 heteroatoms. The zero-order valence-electron chi connectivity index (χ0n) is 19.3. The van der Waals surface area contributed by atoms with Crippen LogP contribution in [0.4, 0.5) is 4.39 Å². The first kappa shape index (κ1) is 24.5. The number of halogens is 1. The number of unbranched alkanes of at least 4 members (excludes halogenated alkanes) is 3. The maximum Gasteiger partial charge on any atom is 0.266 e. The lowest BCUT2D eigenvalue weighted by Crippen LogP contribution is -2.24. The first-order chi connectivity index (χ1) is 16.0. The predicted molar refractivity (Wildman–Crippen MR) is 128 cm³/mol. The molecule has 0 bridgehead atoms. The first-order valence-corrected chi connectivity index (χ1v) is 11.4. The zero-order valence-corrected chi connectivity index (χ0v) is 19.3. The second kappa shape index (κ2) is 12.2. The van der Waals surface area contributed by atoms with Crippen molar-refractivity contribution in [2.75, 3.05) is 20.2 Å². The Bertz CT molecular complexity index is 1100. The number of phenolic OH excluding ortho intramolecular Hbond substituents is 1. The quantitative estimate of drug-likeness (QED) is 0.397. The third-order valence-electron chi connectivity index (χ3n) is 5.73. The van der Waals surface area contributed by atoms with E-state index >= 15 is 0 Å². The molecule has 0 radical (unpaired) electrons. The highest BCUT2D eigenvalue weighted by atomic mass is 19.1. The standard InChI is InChI=1S/C26H32FN3O3/c1-3-29(19-20-10-6-7-11-25(20)33-2)16-8-4-5-9-17-30-26(32)15-13-23(28-30)22-18-21(27)12-14-24(22)31/h6-7,10-15,18,31H,3-5,8-9,16-17,19H2,1-2H3. The van der Waals surface area contributed by atoms with Crippen LogP contribution in [0.3, 0.4) is 0 Å². The molecule has 6 nitrogen and oxygen atoms in total. The van der Waals surface area contributed by atoms with Crippen LogP contribution >= 0.6 is 0 Å². The van der Waals surface area contributed by atoms with Crippen molar-refractivity contribution in [3.63, 3.8) is 0 Å². The summed E-state index contributed by atoms with van der Waals surface area (Å²) in [5.74, 6) is 0.388. The Kier molecular flexibility index (Phi) is 9.01. The van der Waals surface area contributed by atoms with Gasteiger partial charge in [0.1, 0.15) is 17.3 Å². The molecule has 1 N–H and O–H groups in total. The van der Waals surface area contributed by atoms with Crippen molar-refractivity contribution < 1.29 is 14.2 Å². The van der Waals surface area contributed by atoms with Crippen molar-refractivity contribution >= 4 is 0 Å². The molecule has 0 fully saturated rings. The van der Waals surface area contributed by atoms with E-state index in [0.29, 0.717) is 12.2 Å². The van der Waals surface area contributed by atoms with Gasteiger partial charge in [0.2, 0.25) is 0 Å². The van der Waals surface area contributed by atoms with Gasteiger partial charge >= 0.3 is 0 Å². The van der Waals surface area contributed by atoms with Crippen molar-refractivity contribution in [3.8, 4) is 22.8 Å². The Balaban J connectivity index is 1.47. The number of aromatic hydroxyl groups is 1.